The number of hydrogen-bond donors (Lipinski definition) is 1. The summed E-state index contributed by atoms with van der Waals surface area (Å²) in [5.41, 5.74) is 5.92. The smallest absolute Gasteiger partial charge is 0.255 e. The number of carbonyl (C=O) groups excluding carboxylic acids is 1. The average molecular weight is 346 g/mol. The summed E-state index contributed by atoms with van der Waals surface area (Å²) < 4.78 is 13.8. The van der Waals surface area contributed by atoms with E-state index in [9.17, 15) is 9.18 Å². The van der Waals surface area contributed by atoms with Gasteiger partial charge in [-0.1, -0.05) is 0 Å². The van der Waals surface area contributed by atoms with E-state index in [0.717, 1.165) is 6.54 Å². The molecule has 1 unspecified atom stereocenters. The van der Waals surface area contributed by atoms with E-state index in [0.29, 0.717) is 16.6 Å². The zero-order valence-corrected chi connectivity index (χ0v) is 13.9. The van der Waals surface area contributed by atoms with Crippen molar-refractivity contribution in [1.82, 2.24) is 9.80 Å². The van der Waals surface area contributed by atoms with Gasteiger partial charge < -0.3 is 15.5 Å². The molecule has 1 aromatic carbocycles. The molecule has 4 nitrogen and oxygen atoms in total. The molecule has 0 fully saturated rings. The van der Waals surface area contributed by atoms with Crippen LogP contribution in [0, 0.1) is 5.82 Å². The second-order valence-electron chi connectivity index (χ2n) is 5.06. The molecule has 0 heterocycles. The van der Waals surface area contributed by atoms with Crippen LogP contribution in [0.25, 0.3) is 0 Å². The molecule has 0 saturated heterocycles. The van der Waals surface area contributed by atoms with Crippen LogP contribution in [0.15, 0.2) is 16.6 Å². The van der Waals surface area contributed by atoms with E-state index in [4.69, 9.17) is 5.73 Å². The van der Waals surface area contributed by atoms with Gasteiger partial charge in [-0.3, -0.25) is 4.79 Å². The van der Waals surface area contributed by atoms with Crippen LogP contribution >= 0.6 is 15.9 Å². The number of nitrogen functional groups attached to an aromatic ring is 1. The quantitative estimate of drug-likeness (QED) is 0.834. The van der Waals surface area contributed by atoms with E-state index < -0.39 is 5.82 Å². The molecule has 0 aliphatic rings. The number of rotatable bonds is 5. The van der Waals surface area contributed by atoms with Gasteiger partial charge in [0, 0.05) is 23.6 Å². The van der Waals surface area contributed by atoms with Crippen molar-refractivity contribution >= 4 is 27.5 Å². The molecule has 20 heavy (non-hydrogen) atoms. The van der Waals surface area contributed by atoms with Gasteiger partial charge >= 0.3 is 0 Å². The maximum atomic E-state index is 13.3. The maximum Gasteiger partial charge on any atom is 0.255 e. The average Bonchev–Trinajstić information content (AvgIpc) is 2.33. The Morgan fingerprint density at radius 2 is 2.05 bits per heavy atom. The van der Waals surface area contributed by atoms with Gasteiger partial charge in [-0.15, -0.1) is 0 Å². The topological polar surface area (TPSA) is 49.6 Å². The number of anilines is 1. The number of halogens is 2. The van der Waals surface area contributed by atoms with Crippen molar-refractivity contribution in [3.05, 3.63) is 28.0 Å². The third kappa shape index (κ3) is 3.93. The van der Waals surface area contributed by atoms with Crippen molar-refractivity contribution < 1.29 is 9.18 Å². The molecule has 1 atom stereocenters. The Bertz CT molecular complexity index is 494. The van der Waals surface area contributed by atoms with Crippen LogP contribution in [0.3, 0.4) is 0 Å². The highest BCUT2D eigenvalue weighted by atomic mass is 79.9. The number of carbonyl (C=O) groups is 1. The molecule has 0 radical (unpaired) electrons. The molecule has 6 heteroatoms. The van der Waals surface area contributed by atoms with Gasteiger partial charge in [0.05, 0.1) is 11.3 Å². The molecule has 0 aromatic heterocycles. The van der Waals surface area contributed by atoms with Crippen molar-refractivity contribution in [2.75, 3.05) is 32.9 Å². The number of amides is 1. The van der Waals surface area contributed by atoms with Crippen molar-refractivity contribution in [3.8, 4) is 0 Å². The van der Waals surface area contributed by atoms with Gasteiger partial charge in [0.1, 0.15) is 5.82 Å². The number of benzene rings is 1. The highest BCUT2D eigenvalue weighted by Gasteiger charge is 2.23. The minimum absolute atomic E-state index is 0.0205. The molecule has 0 saturated carbocycles. The predicted octanol–water partition coefficient (Wildman–Crippen LogP) is 2.58. The van der Waals surface area contributed by atoms with Crippen LogP contribution in [0.5, 0.6) is 0 Å². The highest BCUT2D eigenvalue weighted by molar-refractivity contribution is 9.10. The van der Waals surface area contributed by atoms with Crippen LogP contribution in [-0.2, 0) is 0 Å². The molecule has 0 bridgehead atoms. The third-order valence-electron chi connectivity index (χ3n) is 3.08. The molecule has 1 rings (SSSR count). The Morgan fingerprint density at radius 1 is 1.45 bits per heavy atom. The Kier molecular flexibility index (Phi) is 5.95. The largest absolute Gasteiger partial charge is 0.396 e. The first-order chi connectivity index (χ1) is 9.27. The molecule has 0 aliphatic heterocycles. The predicted molar refractivity (Wildman–Crippen MR) is 83.2 cm³/mol. The Hall–Kier alpha value is -1.14. The summed E-state index contributed by atoms with van der Waals surface area (Å²) >= 11 is 3.23. The maximum absolute atomic E-state index is 13.3. The zero-order valence-electron chi connectivity index (χ0n) is 12.3. The summed E-state index contributed by atoms with van der Waals surface area (Å²) in [5.74, 6) is -0.682. The first-order valence-corrected chi connectivity index (χ1v) is 7.27. The molecule has 1 amide bonds. The second-order valence-corrected chi connectivity index (χ2v) is 5.91. The first-order valence-electron chi connectivity index (χ1n) is 6.48. The van der Waals surface area contributed by atoms with Gasteiger partial charge in [-0.05, 0) is 56.0 Å². The van der Waals surface area contributed by atoms with Crippen LogP contribution in [0.1, 0.15) is 24.2 Å². The number of hydrogen-bond acceptors (Lipinski definition) is 3. The van der Waals surface area contributed by atoms with Gasteiger partial charge in [-0.25, -0.2) is 4.39 Å². The monoisotopic (exact) mass is 345 g/mol. The summed E-state index contributed by atoms with van der Waals surface area (Å²) in [6.45, 7) is 5.25. The van der Waals surface area contributed by atoms with Gasteiger partial charge in [0.25, 0.3) is 5.91 Å². The number of nitrogens with zero attached hydrogens (tertiary/aromatic N) is 2. The molecular formula is C14H21BrFN3O. The van der Waals surface area contributed by atoms with E-state index in [-0.39, 0.29) is 17.6 Å². The molecular weight excluding hydrogens is 325 g/mol. The lowest BCUT2D eigenvalue weighted by Crippen LogP contribution is -2.43. The summed E-state index contributed by atoms with van der Waals surface area (Å²) in [6.07, 6.45) is 0. The fourth-order valence-electron chi connectivity index (χ4n) is 2.17. The summed E-state index contributed by atoms with van der Waals surface area (Å²) in [6, 6.07) is 2.67. The lowest BCUT2D eigenvalue weighted by molar-refractivity contribution is 0.0678. The van der Waals surface area contributed by atoms with Crippen LogP contribution in [0.4, 0.5) is 10.1 Å². The normalized spacial score (nSPS) is 12.6. The molecule has 1 aromatic rings. The fraction of sp³-hybridized carbons (Fsp3) is 0.500. The van der Waals surface area contributed by atoms with Crippen molar-refractivity contribution in [1.29, 1.82) is 0 Å². The number of likely N-dealkylation sites (N-methyl/N-ethyl adjacent to an activating group) is 2. The third-order valence-corrected chi connectivity index (χ3v) is 3.74. The van der Waals surface area contributed by atoms with Gasteiger partial charge in [-0.2, -0.15) is 0 Å². The standard InChI is InChI=1S/C14H21BrFN3O/c1-5-19(9(2)8-18(3)4)14(20)10-6-13(17)12(16)7-11(10)15/h6-7,9H,5,8,17H2,1-4H3. The Labute approximate surface area is 127 Å². The molecule has 2 N–H and O–H groups in total. The number of nitrogens with two attached hydrogens (primary N) is 1. The summed E-state index contributed by atoms with van der Waals surface area (Å²) in [7, 11) is 3.92. The van der Waals surface area contributed by atoms with Crippen molar-refractivity contribution in [3.63, 3.8) is 0 Å². The van der Waals surface area contributed by atoms with E-state index in [1.807, 2.05) is 32.8 Å². The van der Waals surface area contributed by atoms with E-state index >= 15 is 0 Å². The second kappa shape index (κ2) is 7.04. The molecule has 112 valence electrons. The van der Waals surface area contributed by atoms with Crippen molar-refractivity contribution in [2.45, 2.75) is 19.9 Å². The highest BCUT2D eigenvalue weighted by Crippen LogP contribution is 2.24. The molecule has 0 aliphatic carbocycles. The minimum atomic E-state index is -0.530. The first kappa shape index (κ1) is 16.9. The van der Waals surface area contributed by atoms with Gasteiger partial charge in [0.2, 0.25) is 0 Å². The lowest BCUT2D eigenvalue weighted by atomic mass is 10.1. The van der Waals surface area contributed by atoms with Crippen LogP contribution in [-0.4, -0.2) is 48.9 Å². The van der Waals surface area contributed by atoms with E-state index in [1.54, 1.807) is 4.90 Å². The molecule has 0 spiro atoms. The van der Waals surface area contributed by atoms with Gasteiger partial charge in [0.15, 0.2) is 0 Å². The summed E-state index contributed by atoms with van der Waals surface area (Å²) in [5, 5.41) is 0. The van der Waals surface area contributed by atoms with Crippen LogP contribution in [0.2, 0.25) is 0 Å². The minimum Gasteiger partial charge on any atom is -0.396 e. The Balaban J connectivity index is 3.05. The van der Waals surface area contributed by atoms with E-state index in [1.165, 1.54) is 12.1 Å². The van der Waals surface area contributed by atoms with Crippen LogP contribution < -0.4 is 5.73 Å². The Morgan fingerprint density at radius 3 is 2.55 bits per heavy atom. The van der Waals surface area contributed by atoms with Crippen molar-refractivity contribution in [2.24, 2.45) is 0 Å². The SMILES string of the molecule is CCN(C(=O)c1cc(N)c(F)cc1Br)C(C)CN(C)C. The lowest BCUT2D eigenvalue weighted by Gasteiger charge is -2.30. The fourth-order valence-corrected chi connectivity index (χ4v) is 2.65. The zero-order chi connectivity index (χ0) is 15.4. The summed E-state index contributed by atoms with van der Waals surface area (Å²) in [4.78, 5) is 16.4. The van der Waals surface area contributed by atoms with E-state index in [2.05, 4.69) is 15.9 Å².